The van der Waals surface area contributed by atoms with Gasteiger partial charge in [-0.2, -0.15) is 12.7 Å². The molecule has 2 aliphatic heterocycles. The summed E-state index contributed by atoms with van der Waals surface area (Å²) in [6.45, 7) is 13.0. The summed E-state index contributed by atoms with van der Waals surface area (Å²) in [5.74, 6) is -0.232. The van der Waals surface area contributed by atoms with Crippen molar-refractivity contribution in [1.29, 1.82) is 0 Å². The van der Waals surface area contributed by atoms with E-state index in [1.165, 1.54) is 29.4 Å². The number of amides is 2. The van der Waals surface area contributed by atoms with Crippen LogP contribution < -0.4 is 19.7 Å². The Morgan fingerprint density at radius 3 is 2.60 bits per heavy atom. The zero-order valence-corrected chi connectivity index (χ0v) is 26.1. The number of halogens is 1. The predicted octanol–water partition coefficient (Wildman–Crippen LogP) is 4.37. The molecule has 12 heteroatoms. The lowest BCUT2D eigenvalue weighted by atomic mass is 9.97. The molecule has 1 aromatic carbocycles. The number of hydrogen-bond donors (Lipinski definition) is 2. The Hall–Kier alpha value is -3.25. The molecule has 4 rings (SSSR count). The molecule has 3 heterocycles. The van der Waals surface area contributed by atoms with Crippen LogP contribution in [0, 0.1) is 17.7 Å². The van der Waals surface area contributed by atoms with Crippen LogP contribution in [0.4, 0.5) is 10.2 Å². The van der Waals surface area contributed by atoms with E-state index in [4.69, 9.17) is 9.72 Å². The lowest BCUT2D eigenvalue weighted by Gasteiger charge is -2.34. The van der Waals surface area contributed by atoms with E-state index in [1.54, 1.807) is 12.1 Å². The van der Waals surface area contributed by atoms with Crippen LogP contribution >= 0.6 is 0 Å². The van der Waals surface area contributed by atoms with E-state index in [0.29, 0.717) is 54.7 Å². The smallest absolute Gasteiger partial charge is 0.304 e. The maximum Gasteiger partial charge on any atom is 0.304 e. The third-order valence-electron chi connectivity index (χ3n) is 7.55. The molecule has 10 nitrogen and oxygen atoms in total. The van der Waals surface area contributed by atoms with Gasteiger partial charge in [0.15, 0.2) is 0 Å². The molecule has 2 atom stereocenters. The van der Waals surface area contributed by atoms with E-state index < -0.39 is 21.9 Å². The third-order valence-corrected chi connectivity index (χ3v) is 9.01. The number of nitrogens with one attached hydrogen (secondary N) is 2. The van der Waals surface area contributed by atoms with Crippen molar-refractivity contribution in [3.63, 3.8) is 0 Å². The summed E-state index contributed by atoms with van der Waals surface area (Å²) in [6.07, 6.45) is 2.06. The van der Waals surface area contributed by atoms with Gasteiger partial charge in [0, 0.05) is 51.2 Å². The van der Waals surface area contributed by atoms with Gasteiger partial charge < -0.3 is 15.0 Å². The summed E-state index contributed by atoms with van der Waals surface area (Å²) in [5, 5.41) is 2.76. The second kappa shape index (κ2) is 12.5. The van der Waals surface area contributed by atoms with Crippen molar-refractivity contribution in [2.75, 3.05) is 31.1 Å². The summed E-state index contributed by atoms with van der Waals surface area (Å²) in [7, 11) is -4.20. The van der Waals surface area contributed by atoms with E-state index in [0.717, 1.165) is 6.42 Å². The van der Waals surface area contributed by atoms with E-state index >= 15 is 0 Å². The van der Waals surface area contributed by atoms with Crippen LogP contribution in [0.15, 0.2) is 30.3 Å². The third kappa shape index (κ3) is 7.57. The fourth-order valence-corrected chi connectivity index (χ4v) is 7.03. The first-order chi connectivity index (χ1) is 19.6. The molecule has 2 saturated heterocycles. The number of carbonyl (C=O) groups is 2. The molecule has 0 spiro atoms. The van der Waals surface area contributed by atoms with Crippen LogP contribution in [-0.2, 0) is 15.0 Å². The summed E-state index contributed by atoms with van der Waals surface area (Å²) < 4.78 is 50.3. The van der Waals surface area contributed by atoms with Crippen LogP contribution in [0.5, 0.6) is 5.75 Å². The lowest BCUT2D eigenvalue weighted by molar-refractivity contribution is -0.119. The molecule has 2 amide bonds. The number of anilines is 1. The molecular formula is C30H44FN5O5S. The van der Waals surface area contributed by atoms with Gasteiger partial charge in [-0.1, -0.05) is 20.8 Å². The average Bonchev–Trinajstić information content (AvgIpc) is 3.17. The molecule has 232 valence electrons. The van der Waals surface area contributed by atoms with E-state index in [-0.39, 0.29) is 43.5 Å². The van der Waals surface area contributed by atoms with Gasteiger partial charge in [-0.25, -0.2) is 14.1 Å². The zero-order chi connectivity index (χ0) is 30.8. The Bertz CT molecular complexity index is 1440. The standard InChI is InChI=1S/C30H42FN5O5S.H2/c1-19(2)18-41-25-13-22(12-23(31)14-25)27-10-9-26(28(33-27)36-16-20(3)15-30(36,5)6)29(38)34-42(39,40)35-11-7-8-24(17-35)32-21(4)37;/h9-10,12-14,19-20,24H,7-8,11,15-18H2,1-6H3,(H,32,37)(H,34,38);1H. The topological polar surface area (TPSA) is 121 Å². The Morgan fingerprint density at radius 2 is 1.95 bits per heavy atom. The molecule has 2 aromatic rings. The molecule has 0 bridgehead atoms. The fourth-order valence-electron chi connectivity index (χ4n) is 5.81. The fraction of sp³-hybridized carbons (Fsp3) is 0.567. The van der Waals surface area contributed by atoms with E-state index in [2.05, 4.69) is 30.8 Å². The number of aromatic nitrogens is 1. The predicted molar refractivity (Wildman–Crippen MR) is 162 cm³/mol. The average molecular weight is 606 g/mol. The molecule has 2 fully saturated rings. The molecule has 0 aliphatic carbocycles. The van der Waals surface area contributed by atoms with Crippen LogP contribution in [0.1, 0.15) is 72.6 Å². The van der Waals surface area contributed by atoms with Crippen molar-refractivity contribution in [1.82, 2.24) is 19.3 Å². The normalized spacial score (nSPS) is 20.9. The highest BCUT2D eigenvalue weighted by atomic mass is 32.2. The van der Waals surface area contributed by atoms with Gasteiger partial charge in [0.05, 0.1) is 17.9 Å². The van der Waals surface area contributed by atoms with Gasteiger partial charge in [-0.05, 0) is 69.2 Å². The highest BCUT2D eigenvalue weighted by Gasteiger charge is 2.40. The summed E-state index contributed by atoms with van der Waals surface area (Å²) >= 11 is 0. The Balaban J connectivity index is 0.00000506. The van der Waals surface area contributed by atoms with Gasteiger partial charge in [0.2, 0.25) is 5.91 Å². The van der Waals surface area contributed by atoms with Gasteiger partial charge in [-0.15, -0.1) is 0 Å². The number of benzene rings is 1. The minimum Gasteiger partial charge on any atom is -0.493 e. The molecule has 42 heavy (non-hydrogen) atoms. The maximum absolute atomic E-state index is 14.6. The van der Waals surface area contributed by atoms with Crippen LogP contribution in [0.3, 0.4) is 0 Å². The van der Waals surface area contributed by atoms with E-state index in [9.17, 15) is 22.4 Å². The monoisotopic (exact) mass is 605 g/mol. The van der Waals surface area contributed by atoms with Crippen LogP contribution in [0.25, 0.3) is 11.3 Å². The molecule has 1 aromatic heterocycles. The summed E-state index contributed by atoms with van der Waals surface area (Å²) in [4.78, 5) is 32.0. The van der Waals surface area contributed by atoms with Crippen molar-refractivity contribution in [2.45, 2.75) is 72.4 Å². The molecular weight excluding hydrogens is 561 g/mol. The first-order valence-corrected chi connectivity index (χ1v) is 15.9. The molecule has 0 radical (unpaired) electrons. The lowest BCUT2D eigenvalue weighted by Crippen LogP contribution is -2.53. The van der Waals surface area contributed by atoms with Gasteiger partial charge >= 0.3 is 10.2 Å². The number of piperidine rings is 1. The number of carbonyl (C=O) groups excluding carboxylic acids is 2. The zero-order valence-electron chi connectivity index (χ0n) is 25.2. The number of nitrogens with zero attached hydrogens (tertiary/aromatic N) is 3. The summed E-state index contributed by atoms with van der Waals surface area (Å²) in [5.41, 5.74) is 0.664. The number of hydrogen-bond acceptors (Lipinski definition) is 7. The quantitative estimate of drug-likeness (QED) is 0.436. The highest BCUT2D eigenvalue weighted by molar-refractivity contribution is 7.87. The largest absolute Gasteiger partial charge is 0.493 e. The van der Waals surface area contributed by atoms with Gasteiger partial charge in [0.25, 0.3) is 5.91 Å². The van der Waals surface area contributed by atoms with Crippen molar-refractivity contribution >= 4 is 27.8 Å². The molecule has 2 aliphatic rings. The first kappa shape index (κ1) is 31.7. The Morgan fingerprint density at radius 1 is 1.21 bits per heavy atom. The maximum atomic E-state index is 14.6. The minimum absolute atomic E-state index is 0. The number of rotatable bonds is 9. The molecule has 2 unspecified atom stereocenters. The SMILES string of the molecule is CC(=O)NC1CCCN(S(=O)(=O)NC(=O)c2ccc(-c3cc(F)cc(OCC(C)C)c3)nc2N2CC(C)CC2(C)C)C1.[HH]. The molecule has 0 saturated carbocycles. The number of ether oxygens (including phenoxy) is 1. The van der Waals surface area contributed by atoms with Gasteiger partial charge in [-0.3, -0.25) is 9.59 Å². The van der Waals surface area contributed by atoms with Crippen molar-refractivity contribution in [2.24, 2.45) is 11.8 Å². The van der Waals surface area contributed by atoms with Crippen molar-refractivity contribution in [3.05, 3.63) is 41.7 Å². The first-order valence-electron chi connectivity index (χ1n) is 14.5. The summed E-state index contributed by atoms with van der Waals surface area (Å²) in [6, 6.07) is 7.19. The Kier molecular flexibility index (Phi) is 9.46. The second-order valence-electron chi connectivity index (χ2n) is 12.5. The van der Waals surface area contributed by atoms with Crippen molar-refractivity contribution in [3.8, 4) is 17.0 Å². The number of pyridine rings is 1. The van der Waals surface area contributed by atoms with Crippen LogP contribution in [-0.4, -0.2) is 67.3 Å². The van der Waals surface area contributed by atoms with Crippen molar-refractivity contribution < 1.29 is 28.6 Å². The Labute approximate surface area is 249 Å². The van der Waals surface area contributed by atoms with Gasteiger partial charge in [0.1, 0.15) is 17.4 Å². The van der Waals surface area contributed by atoms with Crippen LogP contribution in [0.2, 0.25) is 0 Å². The minimum atomic E-state index is -4.20. The highest BCUT2D eigenvalue weighted by Crippen LogP contribution is 2.38. The second-order valence-corrected chi connectivity index (χ2v) is 14.2. The van der Waals surface area contributed by atoms with E-state index in [1.807, 2.05) is 18.7 Å². The molecule has 2 N–H and O–H groups in total.